The number of fused-ring (bicyclic) bond motifs is 16. The SMILES string of the molecule is CN1c2cc3c(cc2B2c4cc5c(cc4Oc4cc(N(c6ccccc6)c6ccccc6)cc1c42)N(C)c1cc(N(c2ccccc2)c2ccccc2)cc2c1B5c1sc4ccccc4c1O2)B1c2sc4ccccc4c2Oc2cc(N(c4ccccc4)c4ccccc4)cc(c21)O3. The fraction of sp³-hybridized carbons (Fsp3) is 0.0238. The van der Waals surface area contributed by atoms with E-state index in [1.54, 1.807) is 0 Å². The van der Waals surface area contributed by atoms with Crippen molar-refractivity contribution in [3.63, 3.8) is 0 Å². The maximum atomic E-state index is 7.70. The Bertz CT molecular complexity index is 5690. The summed E-state index contributed by atoms with van der Waals surface area (Å²) in [6.45, 7) is -0.662. The predicted octanol–water partition coefficient (Wildman–Crippen LogP) is 16.7. The zero-order valence-corrected chi connectivity index (χ0v) is 54.8. The lowest BCUT2D eigenvalue weighted by atomic mass is 9.31. The Morgan fingerprint density at radius 3 is 0.980 bits per heavy atom. The first-order valence-corrected chi connectivity index (χ1v) is 34.9. The number of rotatable bonds is 9. The van der Waals surface area contributed by atoms with Crippen molar-refractivity contribution in [2.75, 3.05) is 38.6 Å². The molecule has 0 saturated heterocycles. The van der Waals surface area contributed by atoms with Gasteiger partial charge in [-0.15, -0.1) is 22.7 Å². The molecule has 0 fully saturated rings. The van der Waals surface area contributed by atoms with Crippen molar-refractivity contribution in [3.8, 4) is 46.0 Å². The van der Waals surface area contributed by atoms with Crippen LogP contribution in [0.25, 0.3) is 20.2 Å². The number of hydrogen-bond acceptors (Lipinski definition) is 11. The molecule has 460 valence electrons. The van der Waals surface area contributed by atoms with Crippen LogP contribution in [0.3, 0.4) is 0 Å². The van der Waals surface area contributed by atoms with E-state index in [0.29, 0.717) is 0 Å². The average molecular weight is 1290 g/mol. The smallest absolute Gasteiger partial charge is 0.273 e. The Morgan fingerprint density at radius 2 is 0.571 bits per heavy atom. The Labute approximate surface area is 575 Å². The van der Waals surface area contributed by atoms with E-state index in [0.717, 1.165) is 163 Å². The number of hydrogen-bond donors (Lipinski definition) is 0. The summed E-state index contributed by atoms with van der Waals surface area (Å²) in [5.74, 6) is 6.62. The highest BCUT2D eigenvalue weighted by Gasteiger charge is 2.50. The summed E-state index contributed by atoms with van der Waals surface area (Å²) < 4.78 is 34.7. The highest BCUT2D eigenvalue weighted by molar-refractivity contribution is 7.34. The minimum Gasteiger partial charge on any atom is -0.458 e. The van der Waals surface area contributed by atoms with Crippen LogP contribution in [0, 0.1) is 0 Å². The summed E-state index contributed by atoms with van der Waals surface area (Å²) in [6, 6.07) is 104. The maximum absolute atomic E-state index is 7.70. The van der Waals surface area contributed by atoms with Gasteiger partial charge in [-0.25, -0.2) is 0 Å². The molecule has 8 heterocycles. The van der Waals surface area contributed by atoms with Gasteiger partial charge in [0.25, 0.3) is 20.1 Å². The largest absolute Gasteiger partial charge is 0.458 e. The number of ether oxygens (including phenoxy) is 4. The Balaban J connectivity index is 0.800. The van der Waals surface area contributed by atoms with Gasteiger partial charge in [-0.3, -0.25) is 0 Å². The molecule has 0 N–H and O–H groups in total. The molecule has 21 rings (SSSR count). The lowest BCUT2D eigenvalue weighted by Gasteiger charge is -2.42. The van der Waals surface area contributed by atoms with Crippen molar-refractivity contribution in [2.24, 2.45) is 0 Å². The normalized spacial score (nSPS) is 13.4. The molecule has 0 amide bonds. The van der Waals surface area contributed by atoms with E-state index in [1.807, 2.05) is 22.7 Å². The maximum Gasteiger partial charge on any atom is 0.273 e. The highest BCUT2D eigenvalue weighted by Crippen LogP contribution is 2.51. The van der Waals surface area contributed by atoms with Crippen LogP contribution in [0.1, 0.15) is 0 Å². The van der Waals surface area contributed by atoms with Gasteiger partial charge in [-0.2, -0.15) is 0 Å². The van der Waals surface area contributed by atoms with E-state index in [2.05, 4.69) is 330 Å². The molecule has 0 aliphatic carbocycles. The van der Waals surface area contributed by atoms with Gasteiger partial charge in [0.05, 0.1) is 17.1 Å². The molecule has 0 bridgehead atoms. The quantitative estimate of drug-likeness (QED) is 0.132. The number of anilines is 13. The van der Waals surface area contributed by atoms with Crippen molar-refractivity contribution in [1.82, 2.24) is 0 Å². The van der Waals surface area contributed by atoms with Gasteiger partial charge < -0.3 is 43.4 Å². The minimum absolute atomic E-state index is 0.169. The summed E-state index contributed by atoms with van der Waals surface area (Å²) in [7, 11) is 4.43. The molecule has 0 spiro atoms. The monoisotopic (exact) mass is 1290 g/mol. The summed E-state index contributed by atoms with van der Waals surface area (Å²) >= 11 is 3.65. The lowest BCUT2D eigenvalue weighted by Crippen LogP contribution is -2.64. The van der Waals surface area contributed by atoms with Crippen LogP contribution < -0.4 is 91.2 Å². The molecule has 13 aromatic carbocycles. The molecule has 14 heteroatoms. The number of para-hydroxylation sites is 6. The van der Waals surface area contributed by atoms with Gasteiger partial charge in [-0.1, -0.05) is 146 Å². The molecule has 0 atom stereocenters. The molecule has 6 aliphatic heterocycles. The Hall–Kier alpha value is -11.8. The number of thiophene rings is 2. The lowest BCUT2D eigenvalue weighted by molar-refractivity contribution is 0.468. The third-order valence-corrected chi connectivity index (χ3v) is 23.0. The Kier molecular flexibility index (Phi) is 12.1. The van der Waals surface area contributed by atoms with Crippen molar-refractivity contribution in [2.45, 2.75) is 0 Å². The van der Waals surface area contributed by atoms with Crippen LogP contribution in [-0.4, -0.2) is 34.2 Å². The molecule has 0 saturated carbocycles. The molecular weight excluding hydrogens is 1240 g/mol. The zero-order valence-electron chi connectivity index (χ0n) is 53.1. The fourth-order valence-electron chi connectivity index (χ4n) is 16.3. The first-order chi connectivity index (χ1) is 48.4. The molecule has 15 aromatic rings. The van der Waals surface area contributed by atoms with Crippen molar-refractivity contribution in [3.05, 3.63) is 291 Å². The van der Waals surface area contributed by atoms with Crippen LogP contribution >= 0.6 is 22.7 Å². The molecule has 6 aliphatic rings. The van der Waals surface area contributed by atoms with Crippen molar-refractivity contribution in [1.29, 1.82) is 0 Å². The topological polar surface area (TPSA) is 53.1 Å². The molecule has 2 aromatic heterocycles. The fourth-order valence-corrected chi connectivity index (χ4v) is 18.9. The molecule has 9 nitrogen and oxygen atoms in total. The van der Waals surface area contributed by atoms with E-state index >= 15 is 0 Å². The van der Waals surface area contributed by atoms with E-state index in [1.165, 1.54) is 25.1 Å². The van der Waals surface area contributed by atoms with Crippen molar-refractivity contribution >= 4 is 185 Å². The molecule has 98 heavy (non-hydrogen) atoms. The Morgan fingerprint density at radius 1 is 0.265 bits per heavy atom. The van der Waals surface area contributed by atoms with Gasteiger partial charge in [0.2, 0.25) is 0 Å². The summed E-state index contributed by atoms with van der Waals surface area (Å²) in [5, 5.41) is 2.21. The van der Waals surface area contributed by atoms with Gasteiger partial charge in [-0.05, 0) is 142 Å². The second-order valence-electron chi connectivity index (χ2n) is 25.9. The number of nitrogens with zero attached hydrogens (tertiary/aromatic N) is 5. The van der Waals surface area contributed by atoms with Crippen LogP contribution in [-0.2, 0) is 0 Å². The summed E-state index contributed by atoms with van der Waals surface area (Å²) in [6.07, 6.45) is 0. The standard InChI is InChI=1S/C84H54B3N5O4S2/c1-88-66-49-71-65(87-80-74(94-71)45-59(92(55-33-17-7-18-34-55)56-35-19-8-20-36-56)46-75(80)96-82-61-38-22-24-40-77(61)98-84(82)87)47-62(66)85-64-48-63-67(50-70(64)93-72-43-57(41-68(88)78(72)85)90(51-25-9-3-10-26-51)52-27-11-4-12-28-52)89(2)69-42-58(91(53-29-13-5-14-30-53)54-31-15-6-16-32-54)44-73-79(69)86(63)83-81(95-73)60-37-21-23-39-76(60)97-83/h3-50H,1-2H3. The third-order valence-electron chi connectivity index (χ3n) is 20.6. The molecule has 0 unspecified atom stereocenters. The van der Waals surface area contributed by atoms with Crippen LogP contribution in [0.5, 0.6) is 46.0 Å². The predicted molar refractivity (Wildman–Crippen MR) is 410 cm³/mol. The third kappa shape index (κ3) is 8.22. The van der Waals surface area contributed by atoms with Crippen LogP contribution in [0.4, 0.5) is 73.9 Å². The van der Waals surface area contributed by atoms with Crippen molar-refractivity contribution < 1.29 is 18.9 Å². The highest BCUT2D eigenvalue weighted by atomic mass is 32.1. The van der Waals surface area contributed by atoms with Gasteiger partial charge >= 0.3 is 0 Å². The number of benzene rings is 13. The minimum atomic E-state index is -0.280. The van der Waals surface area contributed by atoms with Crippen LogP contribution in [0.2, 0.25) is 0 Å². The van der Waals surface area contributed by atoms with E-state index < -0.39 is 0 Å². The van der Waals surface area contributed by atoms with Crippen LogP contribution in [0.15, 0.2) is 291 Å². The first kappa shape index (κ1) is 55.5. The summed E-state index contributed by atoms with van der Waals surface area (Å²) in [4.78, 5) is 11.7. The second-order valence-corrected chi connectivity index (χ2v) is 28.1. The average Bonchev–Trinajstić information content (AvgIpc) is 1.03. The molecular formula is C84H54B3N5O4S2. The van der Waals surface area contributed by atoms with E-state index in [4.69, 9.17) is 18.9 Å². The van der Waals surface area contributed by atoms with E-state index in [-0.39, 0.29) is 20.1 Å². The molecule has 0 radical (unpaired) electrons. The van der Waals surface area contributed by atoms with Gasteiger partial charge in [0.1, 0.15) is 46.0 Å². The second kappa shape index (κ2) is 21.3. The first-order valence-electron chi connectivity index (χ1n) is 33.2. The zero-order chi connectivity index (χ0) is 64.4. The summed E-state index contributed by atoms with van der Waals surface area (Å²) in [5.41, 5.74) is 21.2. The van der Waals surface area contributed by atoms with Gasteiger partial charge in [0.15, 0.2) is 0 Å². The van der Waals surface area contributed by atoms with E-state index in [9.17, 15) is 0 Å². The van der Waals surface area contributed by atoms with Gasteiger partial charge in [0, 0.05) is 143 Å².